The van der Waals surface area contributed by atoms with Crippen LogP contribution >= 0.6 is 0 Å². The number of hydrogen-bond donors (Lipinski definition) is 0. The van der Waals surface area contributed by atoms with Crippen molar-refractivity contribution in [2.24, 2.45) is 0 Å². The van der Waals surface area contributed by atoms with Crippen molar-refractivity contribution in [2.45, 2.75) is 0 Å². The first-order chi connectivity index (χ1) is 10.1. The first kappa shape index (κ1) is 12.8. The average Bonchev–Trinajstić information content (AvgIpc) is 2.86. The predicted octanol–water partition coefficient (Wildman–Crippen LogP) is 2.54. The highest BCUT2D eigenvalue weighted by molar-refractivity contribution is 5.79. The molecule has 1 aromatic heterocycles. The number of nitro benzene ring substituents is 1. The highest BCUT2D eigenvalue weighted by Gasteiger charge is 2.10. The van der Waals surface area contributed by atoms with Crippen LogP contribution in [0.1, 0.15) is 11.1 Å². The van der Waals surface area contributed by atoms with Crippen LogP contribution in [0.25, 0.3) is 23.2 Å². The molecule has 2 aromatic carbocycles. The van der Waals surface area contributed by atoms with Crippen molar-refractivity contribution in [1.82, 2.24) is 5.16 Å². The lowest BCUT2D eigenvalue weighted by molar-refractivity contribution is -0.782. The third kappa shape index (κ3) is 2.44. The summed E-state index contributed by atoms with van der Waals surface area (Å²) < 4.78 is 4.48. The van der Waals surface area contributed by atoms with Gasteiger partial charge in [0.05, 0.1) is 10.5 Å². The number of para-hydroxylation sites is 1. The van der Waals surface area contributed by atoms with E-state index in [1.165, 1.54) is 6.07 Å². The van der Waals surface area contributed by atoms with Gasteiger partial charge in [-0.1, -0.05) is 24.3 Å². The van der Waals surface area contributed by atoms with Crippen LogP contribution in [0.15, 0.2) is 47.1 Å². The molecule has 104 valence electrons. The van der Waals surface area contributed by atoms with E-state index < -0.39 is 4.92 Å². The molecule has 1 heterocycles. The maximum absolute atomic E-state index is 11.2. The Morgan fingerprint density at radius 1 is 1.19 bits per heavy atom. The van der Waals surface area contributed by atoms with Gasteiger partial charge in [0.1, 0.15) is 0 Å². The molecule has 0 aliphatic rings. The van der Waals surface area contributed by atoms with E-state index in [0.29, 0.717) is 21.5 Å². The summed E-state index contributed by atoms with van der Waals surface area (Å²) in [7, 11) is 0. The monoisotopic (exact) mass is 283 g/mol. The Morgan fingerprint density at radius 2 is 2.00 bits per heavy atom. The lowest BCUT2D eigenvalue weighted by Crippen LogP contribution is -2.22. The molecule has 0 N–H and O–H groups in total. The Morgan fingerprint density at radius 3 is 2.81 bits per heavy atom. The summed E-state index contributed by atoms with van der Waals surface area (Å²) >= 11 is 0. The molecule has 0 saturated carbocycles. The zero-order valence-electron chi connectivity index (χ0n) is 10.7. The van der Waals surface area contributed by atoms with E-state index in [0.717, 1.165) is 5.56 Å². The maximum atomic E-state index is 11.2. The molecule has 0 radical (unpaired) electrons. The van der Waals surface area contributed by atoms with Crippen molar-refractivity contribution in [1.29, 1.82) is 0 Å². The van der Waals surface area contributed by atoms with E-state index in [-0.39, 0.29) is 5.69 Å². The Labute approximate surface area is 118 Å². The van der Waals surface area contributed by atoms with Crippen LogP contribution in [0, 0.1) is 15.3 Å². The van der Waals surface area contributed by atoms with Crippen LogP contribution in [0.2, 0.25) is 0 Å². The van der Waals surface area contributed by atoms with Gasteiger partial charge in [0.25, 0.3) is 5.69 Å². The zero-order chi connectivity index (χ0) is 14.8. The van der Waals surface area contributed by atoms with Crippen molar-refractivity contribution in [3.05, 3.63) is 68.9 Å². The van der Waals surface area contributed by atoms with E-state index in [2.05, 4.69) is 9.79 Å². The molecular formula is C14H9N3O4. The van der Waals surface area contributed by atoms with Crippen LogP contribution in [-0.4, -0.2) is 10.1 Å². The van der Waals surface area contributed by atoms with Gasteiger partial charge in [-0.25, -0.2) is 0 Å². The van der Waals surface area contributed by atoms with Gasteiger partial charge in [-0.15, -0.1) is 0 Å². The highest BCUT2D eigenvalue weighted by atomic mass is 16.8. The van der Waals surface area contributed by atoms with E-state index in [1.54, 1.807) is 48.6 Å². The second-order valence-electron chi connectivity index (χ2n) is 4.33. The van der Waals surface area contributed by atoms with Gasteiger partial charge in [0.15, 0.2) is 0 Å². The van der Waals surface area contributed by atoms with Crippen molar-refractivity contribution < 1.29 is 14.5 Å². The summed E-state index contributed by atoms with van der Waals surface area (Å²) in [5.74, 6) is 0. The van der Waals surface area contributed by atoms with Crippen molar-refractivity contribution in [3.63, 3.8) is 0 Å². The number of rotatable bonds is 3. The van der Waals surface area contributed by atoms with Crippen molar-refractivity contribution in [2.75, 3.05) is 0 Å². The fourth-order valence-corrected chi connectivity index (χ4v) is 1.98. The second kappa shape index (κ2) is 5.04. The quantitative estimate of drug-likeness (QED) is 0.318. The molecule has 7 heteroatoms. The van der Waals surface area contributed by atoms with E-state index in [9.17, 15) is 15.3 Å². The molecule has 7 nitrogen and oxygen atoms in total. The van der Waals surface area contributed by atoms with Crippen LogP contribution in [-0.2, 0) is 0 Å². The topological polar surface area (TPSA) is 96.1 Å². The minimum absolute atomic E-state index is 0.0358. The normalized spacial score (nSPS) is 11.2. The number of hydrogen-bond acceptors (Lipinski definition) is 5. The zero-order valence-corrected chi connectivity index (χ0v) is 10.7. The molecule has 3 aromatic rings. The third-order valence-corrected chi connectivity index (χ3v) is 3.00. The molecule has 0 bridgehead atoms. The molecule has 21 heavy (non-hydrogen) atoms. The Kier molecular flexibility index (Phi) is 3.07. The summed E-state index contributed by atoms with van der Waals surface area (Å²) in [6.07, 6.45) is 3.36. The Balaban J connectivity index is 1.96. The molecule has 0 spiro atoms. The average molecular weight is 283 g/mol. The minimum Gasteiger partial charge on any atom is -0.359 e. The first-order valence-corrected chi connectivity index (χ1v) is 6.06. The van der Waals surface area contributed by atoms with Gasteiger partial charge in [-0.3, -0.25) is 14.7 Å². The lowest BCUT2D eigenvalue weighted by atomic mass is 10.1. The SMILES string of the molecule is O=[N+]([O-])c1ccccc1/C=C\c1ccc2c(c1)no[n+]2[O-]. The fourth-order valence-electron chi connectivity index (χ4n) is 1.98. The molecule has 0 unspecified atom stereocenters. The molecule has 0 amide bonds. The van der Waals surface area contributed by atoms with E-state index in [1.807, 2.05) is 0 Å². The number of nitro groups is 1. The molecule has 0 saturated heterocycles. The maximum Gasteiger partial charge on any atom is 0.276 e. The van der Waals surface area contributed by atoms with Gasteiger partial charge < -0.3 is 5.21 Å². The third-order valence-electron chi connectivity index (χ3n) is 3.00. The summed E-state index contributed by atoms with van der Waals surface area (Å²) in [5.41, 5.74) is 2.05. The fraction of sp³-hybridized carbons (Fsp3) is 0. The van der Waals surface area contributed by atoms with Crippen molar-refractivity contribution in [3.8, 4) is 0 Å². The largest absolute Gasteiger partial charge is 0.359 e. The van der Waals surface area contributed by atoms with Gasteiger partial charge in [-0.2, -0.15) is 0 Å². The standard InChI is InChI=1S/C14H9N3O4/c18-16(19)13-4-2-1-3-11(13)7-5-10-6-8-14-12(9-10)15-21-17(14)20/h1-9H/b7-5-. The number of fused-ring (bicyclic) bond motifs is 1. The molecule has 3 rings (SSSR count). The van der Waals surface area contributed by atoms with Gasteiger partial charge in [0, 0.05) is 17.3 Å². The van der Waals surface area contributed by atoms with Gasteiger partial charge >= 0.3 is 0 Å². The summed E-state index contributed by atoms with van der Waals surface area (Å²) in [6, 6.07) is 11.4. The first-order valence-electron chi connectivity index (χ1n) is 6.06. The highest BCUT2D eigenvalue weighted by Crippen LogP contribution is 2.21. The summed E-state index contributed by atoms with van der Waals surface area (Å²) in [6.45, 7) is 0. The smallest absolute Gasteiger partial charge is 0.276 e. The van der Waals surface area contributed by atoms with Crippen molar-refractivity contribution >= 4 is 28.9 Å². The summed E-state index contributed by atoms with van der Waals surface area (Å²) in [5, 5.41) is 25.7. The predicted molar refractivity (Wildman–Crippen MR) is 75.0 cm³/mol. The summed E-state index contributed by atoms with van der Waals surface area (Å²) in [4.78, 5) is 10.8. The minimum atomic E-state index is -0.430. The van der Waals surface area contributed by atoms with Gasteiger partial charge in [0.2, 0.25) is 11.0 Å². The molecule has 0 fully saturated rings. The van der Waals surface area contributed by atoms with Crippen LogP contribution < -0.4 is 4.90 Å². The molecular weight excluding hydrogens is 274 g/mol. The lowest BCUT2D eigenvalue weighted by Gasteiger charge is -1.96. The number of aromatic nitrogens is 2. The molecule has 0 aliphatic heterocycles. The van der Waals surface area contributed by atoms with E-state index >= 15 is 0 Å². The number of benzene rings is 2. The van der Waals surface area contributed by atoms with Crippen LogP contribution in [0.3, 0.4) is 0 Å². The van der Waals surface area contributed by atoms with Crippen LogP contribution in [0.4, 0.5) is 5.69 Å². The Hall–Kier alpha value is -3.22. The van der Waals surface area contributed by atoms with E-state index in [4.69, 9.17) is 0 Å². The molecule has 0 atom stereocenters. The molecule has 0 aliphatic carbocycles. The number of nitrogens with zero attached hydrogens (tertiary/aromatic N) is 3. The Bertz CT molecular complexity index is 854. The van der Waals surface area contributed by atoms with Crippen LogP contribution in [0.5, 0.6) is 0 Å². The van der Waals surface area contributed by atoms with Gasteiger partial charge in [-0.05, 0) is 28.7 Å². The second-order valence-corrected chi connectivity index (χ2v) is 4.33.